The molecule has 9 fully saturated rings. The van der Waals surface area contributed by atoms with Crippen LogP contribution in [0.2, 0.25) is 0 Å². The molecule has 702 valence electrons. The van der Waals surface area contributed by atoms with E-state index in [1.165, 1.54) is 143 Å². The van der Waals surface area contributed by atoms with Gasteiger partial charge >= 0.3 is 0 Å². The topological polar surface area (TPSA) is 165 Å². The fourth-order valence-electron chi connectivity index (χ4n) is 19.8. The predicted octanol–water partition coefficient (Wildman–Crippen LogP) is 17.1. The zero-order valence-corrected chi connectivity index (χ0v) is 84.3. The largest absolute Gasteiger partial charge is 0.371 e. The summed E-state index contributed by atoms with van der Waals surface area (Å²) >= 11 is 0. The lowest BCUT2D eigenvalue weighted by Crippen LogP contribution is -2.43. The van der Waals surface area contributed by atoms with E-state index in [-0.39, 0.29) is 17.5 Å². The molecule has 7 heterocycles. The van der Waals surface area contributed by atoms with Crippen LogP contribution in [-0.4, -0.2) is 271 Å². The summed E-state index contributed by atoms with van der Waals surface area (Å²) in [5.41, 5.74) is 19.2. The number of likely N-dealkylation sites (tertiary alicyclic amines) is 1. The minimum absolute atomic E-state index is 0.0764. The molecule has 7 saturated heterocycles. The normalized spacial score (nSPS) is 20.1. The molecule has 0 aromatic heterocycles. The molecule has 0 radical (unpaired) electrons. The van der Waals surface area contributed by atoms with Crippen molar-refractivity contribution in [1.82, 2.24) is 43.1 Å². The van der Waals surface area contributed by atoms with Gasteiger partial charge in [-0.1, -0.05) is 136 Å². The van der Waals surface area contributed by atoms with E-state index >= 15 is 0 Å². The van der Waals surface area contributed by atoms with E-state index in [0.717, 1.165) is 168 Å². The van der Waals surface area contributed by atoms with Crippen LogP contribution in [0.3, 0.4) is 0 Å². The van der Waals surface area contributed by atoms with Gasteiger partial charge in [0.05, 0.1) is 17.8 Å². The van der Waals surface area contributed by atoms with Crippen LogP contribution in [0.4, 0.5) is 28.4 Å². The van der Waals surface area contributed by atoms with E-state index in [0.29, 0.717) is 67.3 Å². The number of rotatable bonds is 29. The van der Waals surface area contributed by atoms with Crippen molar-refractivity contribution in [3.8, 4) is 0 Å². The lowest BCUT2D eigenvalue weighted by Gasteiger charge is -2.37. The van der Waals surface area contributed by atoms with Crippen LogP contribution >= 0.6 is 0 Å². The second-order valence-corrected chi connectivity index (χ2v) is 46.9. The van der Waals surface area contributed by atoms with Gasteiger partial charge in [0.25, 0.3) is 0 Å². The summed E-state index contributed by atoms with van der Waals surface area (Å²) < 4.78 is 81.6. The summed E-state index contributed by atoms with van der Waals surface area (Å²) in [5, 5.41) is 0. The molecule has 2 aliphatic carbocycles. The van der Waals surface area contributed by atoms with Crippen molar-refractivity contribution in [3.05, 3.63) is 147 Å². The number of benzene rings is 5. The maximum Gasteiger partial charge on any atom is 0.218 e. The monoisotopic (exact) mass is 1780 g/mol. The van der Waals surface area contributed by atoms with Gasteiger partial charge in [-0.15, -0.1) is 0 Å². The molecule has 1 atom stereocenters. The van der Waals surface area contributed by atoms with E-state index in [1.54, 1.807) is 15.4 Å². The summed E-state index contributed by atoms with van der Waals surface area (Å²) in [6.07, 6.45) is 24.9. The van der Waals surface area contributed by atoms with Crippen molar-refractivity contribution in [2.75, 3.05) is 200 Å². The quantitative estimate of drug-likeness (QED) is 0.0464. The van der Waals surface area contributed by atoms with Crippen LogP contribution in [0.15, 0.2) is 91.0 Å². The number of hydrogen-bond acceptors (Lipinski definition) is 17. The lowest BCUT2D eigenvalue weighted by atomic mass is 9.92. The van der Waals surface area contributed by atoms with Crippen LogP contribution in [0.25, 0.3) is 0 Å². The first-order valence-electron chi connectivity index (χ1n) is 48.5. The Labute approximate surface area is 761 Å². The van der Waals surface area contributed by atoms with Crippen molar-refractivity contribution < 1.29 is 25.3 Å². The van der Waals surface area contributed by atoms with E-state index < -0.39 is 30.1 Å². The lowest BCUT2D eigenvalue weighted by molar-refractivity contribution is 0.249. The summed E-state index contributed by atoms with van der Waals surface area (Å²) in [6.45, 7) is 37.2. The molecule has 0 bridgehead atoms. The van der Waals surface area contributed by atoms with Gasteiger partial charge in [0.15, 0.2) is 0 Å². The second-order valence-electron chi connectivity index (χ2n) is 41.4. The van der Waals surface area contributed by atoms with Gasteiger partial charge in [-0.05, 0) is 333 Å². The van der Waals surface area contributed by atoms with E-state index in [4.69, 9.17) is 0 Å². The highest BCUT2D eigenvalue weighted by atomic mass is 32.2. The highest BCUT2D eigenvalue weighted by molar-refractivity contribution is 7.89. The first-order valence-corrected chi connectivity index (χ1v) is 53.7. The van der Waals surface area contributed by atoms with Crippen molar-refractivity contribution in [2.45, 2.75) is 282 Å². The van der Waals surface area contributed by atoms with Crippen molar-refractivity contribution in [3.63, 3.8) is 0 Å². The van der Waals surface area contributed by atoms with Gasteiger partial charge in [-0.3, -0.25) is 0 Å². The second kappa shape index (κ2) is 47.1. The van der Waals surface area contributed by atoms with Gasteiger partial charge in [0, 0.05) is 156 Å². The highest BCUT2D eigenvalue weighted by Crippen LogP contribution is 2.40. The maximum absolute atomic E-state index is 13.0. The van der Waals surface area contributed by atoms with Crippen molar-refractivity contribution >= 4 is 58.5 Å². The molecular formula is C102H170N14O6S3. The Bertz CT molecular complexity index is 4480. The smallest absolute Gasteiger partial charge is 0.218 e. The molecule has 125 heavy (non-hydrogen) atoms. The third kappa shape index (κ3) is 30.6. The van der Waals surface area contributed by atoms with Crippen LogP contribution in [0.5, 0.6) is 0 Å². The Kier molecular flexibility index (Phi) is 38.3. The van der Waals surface area contributed by atoms with Gasteiger partial charge in [-0.25, -0.2) is 39.0 Å². The zero-order valence-electron chi connectivity index (χ0n) is 81.9. The number of hydrogen-bond donors (Lipinski definition) is 2. The molecule has 1 unspecified atom stereocenters. The first-order chi connectivity index (χ1) is 59.2. The molecular weight excluding hydrogens is 1610 g/mol. The molecule has 7 aliphatic heterocycles. The van der Waals surface area contributed by atoms with Crippen LogP contribution in [-0.2, 0) is 61.0 Å². The van der Waals surface area contributed by atoms with E-state index in [9.17, 15) is 25.3 Å². The molecule has 0 spiro atoms. The SMILES string of the molecule is CC(C)c1ccc(N2CCC(N(C)C)CC2)c(CC2CC2)c1.CC(C)c1ccc(N2CCC(N(C)C)CC2)c(CC2CCN(C)C2)c1.CC(C)c1ccc(N2CCC(N(C)C)CC2)c(CNS(C)(=O)=O)c1.CC(C)c1ccc(N2CCC(N(C)C)CC2)c(CS(=O)(=O)N2CCCC2)c1.CC(C)c1ccc(N2CCC(N(C)C)CC2)c(CS(=O)(=O)NC2CCC2)c1. The van der Waals surface area contributed by atoms with Gasteiger partial charge < -0.3 is 53.9 Å². The number of nitrogens with one attached hydrogen (secondary N) is 2. The third-order valence-electron chi connectivity index (χ3n) is 28.8. The number of anilines is 5. The van der Waals surface area contributed by atoms with E-state index in [1.807, 2.05) is 0 Å². The summed E-state index contributed by atoms with van der Waals surface area (Å²) in [6, 6.07) is 37.4. The molecule has 23 heteroatoms. The molecule has 9 aliphatic rings. The van der Waals surface area contributed by atoms with Crippen LogP contribution < -0.4 is 33.9 Å². The minimum atomic E-state index is -3.31. The molecule has 5 aromatic rings. The molecule has 2 N–H and O–H groups in total. The molecule has 0 amide bonds. The minimum Gasteiger partial charge on any atom is -0.371 e. The summed E-state index contributed by atoms with van der Waals surface area (Å²) in [5.74, 6) is 4.43. The maximum atomic E-state index is 13.0. The fourth-order valence-corrected chi connectivity index (χ4v) is 23.3. The molecule has 14 rings (SSSR count). The standard InChI is InChI=1S/C22H37N3.2C21H35N3O2S.C20H32N2.C18H31N3O2S/c1-17(2)19-6-7-22(25-12-9-21(10-13-25)23(3)4)20(15-19)14-18-8-11-24(5)16-18;1-17(2)18-7-8-21(23-13-9-20(10-14-23)22(3)4)19(15-18)16-27(25,26)24-11-5-6-12-24;1-16(2)17-8-9-21(24-12-10-20(11-13-24)23(3)4)18(14-17)15-27(25,26)22-19-6-5-7-19;1-15(2)17-7-8-20(18(14-17)13-16-5-6-16)22-11-9-19(10-12-22)21(3)4;1-14(2)15-6-7-18(16(12-15)13-19-24(5,22)23)21-10-8-17(9-11-21)20(3)4/h6-7,15,17-18,21H,8-14,16H2,1-5H3;7-8,15,17,20H,5-6,9-14,16H2,1-4H3;8-9,14,16,19-20,22H,5-7,10-13,15H2,1-4H3;7-8,14-16,19H,5-6,9-13H2,1-4H3;6-7,12,14,17,19H,8-11,13H2,1-5H3. The number of sulfonamides is 3. The van der Waals surface area contributed by atoms with Crippen LogP contribution in [0.1, 0.15) is 270 Å². The van der Waals surface area contributed by atoms with Crippen molar-refractivity contribution in [1.29, 1.82) is 0 Å². The van der Waals surface area contributed by atoms with Gasteiger partial charge in [-0.2, -0.15) is 0 Å². The number of piperidine rings is 5. The van der Waals surface area contributed by atoms with Crippen LogP contribution in [0, 0.1) is 11.8 Å². The third-order valence-corrected chi connectivity index (χ3v) is 32.7. The van der Waals surface area contributed by atoms with Gasteiger partial charge in [0.2, 0.25) is 30.1 Å². The van der Waals surface area contributed by atoms with Gasteiger partial charge in [0.1, 0.15) is 0 Å². The molecule has 2 saturated carbocycles. The first kappa shape index (κ1) is 102. The Hall–Kier alpha value is -5.41. The Morgan fingerprint density at radius 3 is 0.896 bits per heavy atom. The Balaban J connectivity index is 0.000000164. The predicted molar refractivity (Wildman–Crippen MR) is 532 cm³/mol. The number of nitrogens with zero attached hydrogens (tertiary/aromatic N) is 12. The van der Waals surface area contributed by atoms with Crippen molar-refractivity contribution in [2.24, 2.45) is 11.8 Å². The Morgan fingerprint density at radius 2 is 0.624 bits per heavy atom. The highest BCUT2D eigenvalue weighted by Gasteiger charge is 2.34. The zero-order chi connectivity index (χ0) is 90.8. The average Bonchev–Trinajstić information content (AvgIpc) is 0.912. The Morgan fingerprint density at radius 1 is 0.336 bits per heavy atom. The molecule has 20 nitrogen and oxygen atoms in total. The van der Waals surface area contributed by atoms with E-state index in [2.05, 4.69) is 301 Å². The summed E-state index contributed by atoms with van der Waals surface area (Å²) in [4.78, 5) is 26.6. The fraction of sp³-hybridized carbons (Fsp3) is 0.706. The summed E-state index contributed by atoms with van der Waals surface area (Å²) in [7, 11) is 14.2. The molecule has 5 aromatic carbocycles. The average molecular weight is 1780 g/mol.